The van der Waals surface area contributed by atoms with Gasteiger partial charge in [-0.2, -0.15) is 0 Å². The molecule has 0 spiro atoms. The molecule has 15 heavy (non-hydrogen) atoms. The third kappa shape index (κ3) is 2.16. The first-order chi connectivity index (χ1) is 7.04. The quantitative estimate of drug-likeness (QED) is 0.801. The molecule has 1 fully saturated rings. The normalized spacial score (nSPS) is 17.9. The van der Waals surface area contributed by atoms with E-state index in [4.69, 9.17) is 5.11 Å². The molecule has 0 unspecified atom stereocenters. The summed E-state index contributed by atoms with van der Waals surface area (Å²) in [6, 6.07) is 2.04. The molecule has 1 saturated carbocycles. The first-order valence-electron chi connectivity index (χ1n) is 4.84. The van der Waals surface area contributed by atoms with E-state index in [1.54, 1.807) is 0 Å². The van der Waals surface area contributed by atoms with Gasteiger partial charge in [0.1, 0.15) is 0 Å². The van der Waals surface area contributed by atoms with Gasteiger partial charge >= 0.3 is 0 Å². The Hall–Kier alpha value is -1.00. The molecule has 2 nitrogen and oxygen atoms in total. The van der Waals surface area contributed by atoms with E-state index in [2.05, 4.69) is 0 Å². The molecule has 0 saturated heterocycles. The van der Waals surface area contributed by atoms with Gasteiger partial charge in [0, 0.05) is 6.42 Å². The van der Waals surface area contributed by atoms with Crippen LogP contribution in [0.15, 0.2) is 12.1 Å². The van der Waals surface area contributed by atoms with E-state index >= 15 is 0 Å². The van der Waals surface area contributed by atoms with Gasteiger partial charge in [-0.05, 0) is 36.1 Å². The van der Waals surface area contributed by atoms with Crippen LogP contribution in [0.25, 0.3) is 0 Å². The fourth-order valence-corrected chi connectivity index (χ4v) is 1.62. The summed E-state index contributed by atoms with van der Waals surface area (Å²) in [6.07, 6.45) is 1.63. The van der Waals surface area contributed by atoms with Crippen molar-refractivity contribution in [3.05, 3.63) is 34.9 Å². The molecule has 2 rings (SSSR count). The lowest BCUT2D eigenvalue weighted by Gasteiger charge is -2.11. The minimum atomic E-state index is -0.967. The van der Waals surface area contributed by atoms with Gasteiger partial charge in [0.25, 0.3) is 0 Å². The van der Waals surface area contributed by atoms with Crippen molar-refractivity contribution in [2.24, 2.45) is 0 Å². The van der Waals surface area contributed by atoms with Gasteiger partial charge in [-0.15, -0.1) is 0 Å². The second-order valence-corrected chi connectivity index (χ2v) is 4.09. The van der Waals surface area contributed by atoms with E-state index in [-0.39, 0.29) is 13.0 Å². The zero-order chi connectivity index (χ0) is 11.1. The van der Waals surface area contributed by atoms with Gasteiger partial charge in [-0.1, -0.05) is 0 Å². The lowest BCUT2D eigenvalue weighted by Crippen LogP contribution is -2.13. The van der Waals surface area contributed by atoms with Gasteiger partial charge in [0.05, 0.1) is 12.2 Å². The summed E-state index contributed by atoms with van der Waals surface area (Å²) in [4.78, 5) is 0. The number of rotatable bonds is 3. The minimum absolute atomic E-state index is 0.278. The lowest BCUT2D eigenvalue weighted by molar-refractivity contribution is 0.150. The number of aliphatic hydroxyl groups excluding tert-OH is 1. The third-order valence-electron chi connectivity index (χ3n) is 2.76. The summed E-state index contributed by atoms with van der Waals surface area (Å²) in [5.74, 6) is -1.91. The molecule has 0 aromatic heterocycles. The predicted molar refractivity (Wildman–Crippen MR) is 50.2 cm³/mol. The van der Waals surface area contributed by atoms with Crippen molar-refractivity contribution in [2.45, 2.75) is 31.5 Å². The predicted octanol–water partition coefficient (Wildman–Crippen LogP) is 1.52. The zero-order valence-electron chi connectivity index (χ0n) is 8.13. The van der Waals surface area contributed by atoms with Crippen LogP contribution in [0.5, 0.6) is 0 Å². The largest absolute Gasteiger partial charge is 0.392 e. The number of benzene rings is 1. The Kier molecular flexibility index (Phi) is 2.48. The maximum atomic E-state index is 13.0. The Morgan fingerprint density at radius 1 is 1.13 bits per heavy atom. The highest BCUT2D eigenvalue weighted by Gasteiger charge is 2.40. The van der Waals surface area contributed by atoms with Crippen molar-refractivity contribution >= 4 is 0 Å². The molecular weight excluding hydrogens is 202 g/mol. The number of hydrogen-bond donors (Lipinski definition) is 2. The topological polar surface area (TPSA) is 40.5 Å². The van der Waals surface area contributed by atoms with Gasteiger partial charge < -0.3 is 10.2 Å². The molecule has 82 valence electrons. The van der Waals surface area contributed by atoms with Crippen LogP contribution in [-0.2, 0) is 13.0 Å². The summed E-state index contributed by atoms with van der Waals surface area (Å²) in [6.45, 7) is -0.345. The fourth-order valence-electron chi connectivity index (χ4n) is 1.62. The highest BCUT2D eigenvalue weighted by molar-refractivity contribution is 5.30. The van der Waals surface area contributed by atoms with Crippen molar-refractivity contribution in [2.75, 3.05) is 0 Å². The van der Waals surface area contributed by atoms with E-state index < -0.39 is 17.2 Å². The molecule has 0 radical (unpaired) electrons. The number of aliphatic hydroxyl groups is 2. The maximum absolute atomic E-state index is 13.0. The average molecular weight is 214 g/mol. The smallest absolute Gasteiger partial charge is 0.159 e. The summed E-state index contributed by atoms with van der Waals surface area (Å²) in [7, 11) is 0. The monoisotopic (exact) mass is 214 g/mol. The highest BCUT2D eigenvalue weighted by atomic mass is 19.2. The van der Waals surface area contributed by atoms with Crippen LogP contribution in [0.2, 0.25) is 0 Å². The van der Waals surface area contributed by atoms with Crippen LogP contribution in [0.4, 0.5) is 8.78 Å². The Morgan fingerprint density at radius 3 is 2.13 bits per heavy atom. The van der Waals surface area contributed by atoms with Crippen molar-refractivity contribution in [1.82, 2.24) is 0 Å². The molecule has 2 N–H and O–H groups in total. The van der Waals surface area contributed by atoms with Crippen LogP contribution >= 0.6 is 0 Å². The standard InChI is InChI=1S/C11H12F2O2/c12-9-3-7(5-11(15)1-2-11)8(6-14)4-10(9)13/h3-4,14-15H,1-2,5-6H2. The van der Waals surface area contributed by atoms with Gasteiger partial charge in [-0.3, -0.25) is 0 Å². The van der Waals surface area contributed by atoms with Crippen LogP contribution in [0, 0.1) is 11.6 Å². The van der Waals surface area contributed by atoms with Gasteiger partial charge in [0.15, 0.2) is 11.6 Å². The molecule has 0 heterocycles. The molecule has 1 aromatic rings. The first-order valence-corrected chi connectivity index (χ1v) is 4.84. The molecule has 1 aromatic carbocycles. The number of hydrogen-bond acceptors (Lipinski definition) is 2. The molecular formula is C11H12F2O2. The van der Waals surface area contributed by atoms with Gasteiger partial charge in [0.2, 0.25) is 0 Å². The van der Waals surface area contributed by atoms with Crippen LogP contribution in [0.3, 0.4) is 0 Å². The van der Waals surface area contributed by atoms with Crippen LogP contribution < -0.4 is 0 Å². The lowest BCUT2D eigenvalue weighted by atomic mass is 10.0. The SMILES string of the molecule is OCc1cc(F)c(F)cc1CC1(O)CC1. The van der Waals surface area contributed by atoms with E-state index in [0.717, 1.165) is 12.1 Å². The first kappa shape index (κ1) is 10.5. The second kappa shape index (κ2) is 3.54. The van der Waals surface area contributed by atoms with E-state index in [1.807, 2.05) is 0 Å². The Morgan fingerprint density at radius 2 is 1.67 bits per heavy atom. The van der Waals surface area contributed by atoms with E-state index in [1.165, 1.54) is 0 Å². The van der Waals surface area contributed by atoms with E-state index in [9.17, 15) is 13.9 Å². The van der Waals surface area contributed by atoms with E-state index in [0.29, 0.717) is 24.0 Å². The Labute approximate surface area is 86.2 Å². The minimum Gasteiger partial charge on any atom is -0.392 e. The summed E-state index contributed by atoms with van der Waals surface area (Å²) in [5.41, 5.74) is 0.0550. The van der Waals surface area contributed by atoms with Crippen molar-refractivity contribution < 1.29 is 19.0 Å². The third-order valence-corrected chi connectivity index (χ3v) is 2.76. The molecule has 0 amide bonds. The van der Waals surface area contributed by atoms with Crippen LogP contribution in [-0.4, -0.2) is 15.8 Å². The van der Waals surface area contributed by atoms with Crippen molar-refractivity contribution in [3.63, 3.8) is 0 Å². The fraction of sp³-hybridized carbons (Fsp3) is 0.455. The summed E-state index contributed by atoms with van der Waals surface area (Å²) >= 11 is 0. The Balaban J connectivity index is 2.31. The summed E-state index contributed by atoms with van der Waals surface area (Å²) in [5, 5.41) is 18.6. The maximum Gasteiger partial charge on any atom is 0.159 e. The second-order valence-electron chi connectivity index (χ2n) is 4.09. The van der Waals surface area contributed by atoms with Gasteiger partial charge in [-0.25, -0.2) is 8.78 Å². The average Bonchev–Trinajstić information content (AvgIpc) is 2.89. The highest BCUT2D eigenvalue weighted by Crippen LogP contribution is 2.39. The molecule has 0 aliphatic heterocycles. The van der Waals surface area contributed by atoms with Crippen molar-refractivity contribution in [3.8, 4) is 0 Å². The van der Waals surface area contributed by atoms with Crippen LogP contribution in [0.1, 0.15) is 24.0 Å². The molecule has 1 aliphatic rings. The molecule has 0 atom stereocenters. The zero-order valence-corrected chi connectivity index (χ0v) is 8.13. The number of halogens is 2. The molecule has 4 heteroatoms. The summed E-state index contributed by atoms with van der Waals surface area (Å²) < 4.78 is 25.8. The Bertz CT molecular complexity index is 386. The van der Waals surface area contributed by atoms with Crippen molar-refractivity contribution in [1.29, 1.82) is 0 Å². The molecule has 1 aliphatic carbocycles. The molecule has 0 bridgehead atoms.